The fourth-order valence-corrected chi connectivity index (χ4v) is 2.11. The maximum Gasteiger partial charge on any atom is 0.267 e. The summed E-state index contributed by atoms with van der Waals surface area (Å²) in [5.41, 5.74) is 6.27. The number of aromatic hydroxyl groups is 1. The lowest BCUT2D eigenvalue weighted by molar-refractivity contribution is 0.0995. The molecule has 0 saturated carbocycles. The molecular formula is C18H14N2O3. The van der Waals surface area contributed by atoms with E-state index in [9.17, 15) is 9.90 Å². The van der Waals surface area contributed by atoms with Gasteiger partial charge in [0.05, 0.1) is 0 Å². The minimum absolute atomic E-state index is 0.0215. The van der Waals surface area contributed by atoms with E-state index in [0.29, 0.717) is 17.0 Å². The Morgan fingerprint density at radius 3 is 2.22 bits per heavy atom. The van der Waals surface area contributed by atoms with Crippen LogP contribution in [0.2, 0.25) is 0 Å². The number of pyridine rings is 1. The molecule has 0 unspecified atom stereocenters. The van der Waals surface area contributed by atoms with Gasteiger partial charge in [-0.15, -0.1) is 0 Å². The maximum atomic E-state index is 11.2. The number of carbonyl (C=O) groups is 1. The topological polar surface area (TPSA) is 85.4 Å². The second kappa shape index (κ2) is 6.19. The molecule has 3 N–H and O–H groups in total. The molecule has 1 heterocycles. The van der Waals surface area contributed by atoms with Crippen molar-refractivity contribution in [1.29, 1.82) is 0 Å². The Kier molecular flexibility index (Phi) is 3.93. The van der Waals surface area contributed by atoms with Crippen molar-refractivity contribution >= 4 is 5.91 Å². The summed E-state index contributed by atoms with van der Waals surface area (Å²) in [6.45, 7) is 0. The van der Waals surface area contributed by atoms with Gasteiger partial charge >= 0.3 is 0 Å². The number of carbonyl (C=O) groups excluding carboxylic acids is 1. The van der Waals surface area contributed by atoms with Gasteiger partial charge in [-0.25, -0.2) is 4.98 Å². The number of ether oxygens (including phenoxy) is 1. The number of primary amides is 1. The summed E-state index contributed by atoms with van der Waals surface area (Å²) in [4.78, 5) is 15.3. The van der Waals surface area contributed by atoms with E-state index in [1.54, 1.807) is 24.3 Å². The summed E-state index contributed by atoms with van der Waals surface area (Å²) in [6.07, 6.45) is 0. The monoisotopic (exact) mass is 306 g/mol. The summed E-state index contributed by atoms with van der Waals surface area (Å²) in [6, 6.07) is 19.2. The highest BCUT2D eigenvalue weighted by Gasteiger charge is 2.10. The van der Waals surface area contributed by atoms with E-state index in [2.05, 4.69) is 4.98 Å². The van der Waals surface area contributed by atoms with E-state index in [1.807, 2.05) is 30.3 Å². The van der Waals surface area contributed by atoms with Gasteiger partial charge in [-0.05, 0) is 48.5 Å². The lowest BCUT2D eigenvalue weighted by atomic mass is 10.1. The second-order valence-corrected chi connectivity index (χ2v) is 4.87. The van der Waals surface area contributed by atoms with Crippen LogP contribution in [-0.4, -0.2) is 16.0 Å². The number of benzene rings is 2. The van der Waals surface area contributed by atoms with E-state index >= 15 is 0 Å². The number of hydrogen-bond donors (Lipinski definition) is 2. The summed E-state index contributed by atoms with van der Waals surface area (Å²) in [5.74, 6) is 0.726. The second-order valence-electron chi connectivity index (χ2n) is 4.87. The lowest BCUT2D eigenvalue weighted by Crippen LogP contribution is -2.13. The van der Waals surface area contributed by atoms with Crippen molar-refractivity contribution in [3.63, 3.8) is 0 Å². The molecular weight excluding hydrogens is 292 g/mol. The third-order valence-corrected chi connectivity index (χ3v) is 3.23. The Morgan fingerprint density at radius 2 is 1.57 bits per heavy atom. The molecule has 114 valence electrons. The molecule has 0 aliphatic carbocycles. The minimum Gasteiger partial charge on any atom is -0.506 e. The first-order valence-electron chi connectivity index (χ1n) is 6.96. The average Bonchev–Trinajstić information content (AvgIpc) is 2.57. The molecule has 0 bridgehead atoms. The molecule has 0 radical (unpaired) electrons. The molecule has 2 aromatic carbocycles. The van der Waals surface area contributed by atoms with E-state index in [1.165, 1.54) is 12.1 Å². The zero-order chi connectivity index (χ0) is 16.2. The van der Waals surface area contributed by atoms with Crippen LogP contribution < -0.4 is 10.5 Å². The maximum absolute atomic E-state index is 11.2. The van der Waals surface area contributed by atoms with Crippen molar-refractivity contribution in [3.05, 3.63) is 72.4 Å². The normalized spacial score (nSPS) is 10.3. The molecule has 23 heavy (non-hydrogen) atoms. The number of aromatic nitrogens is 1. The average molecular weight is 306 g/mol. The molecule has 0 atom stereocenters. The van der Waals surface area contributed by atoms with Crippen LogP contribution >= 0.6 is 0 Å². The molecule has 0 aliphatic heterocycles. The van der Waals surface area contributed by atoms with E-state index < -0.39 is 5.91 Å². The van der Waals surface area contributed by atoms with Crippen LogP contribution in [0.25, 0.3) is 11.3 Å². The van der Waals surface area contributed by atoms with Crippen molar-refractivity contribution in [1.82, 2.24) is 4.98 Å². The number of rotatable bonds is 4. The van der Waals surface area contributed by atoms with Crippen LogP contribution in [0.1, 0.15) is 10.5 Å². The lowest BCUT2D eigenvalue weighted by Gasteiger charge is -2.08. The molecule has 3 rings (SSSR count). The fourth-order valence-electron chi connectivity index (χ4n) is 2.11. The number of amides is 1. The highest BCUT2D eigenvalue weighted by Crippen LogP contribution is 2.29. The van der Waals surface area contributed by atoms with Crippen LogP contribution in [0.5, 0.6) is 17.2 Å². The van der Waals surface area contributed by atoms with Crippen LogP contribution in [0, 0.1) is 0 Å². The molecule has 5 nitrogen and oxygen atoms in total. The predicted molar refractivity (Wildman–Crippen MR) is 86.4 cm³/mol. The highest BCUT2D eigenvalue weighted by molar-refractivity contribution is 5.91. The smallest absolute Gasteiger partial charge is 0.267 e. The minimum atomic E-state index is -0.643. The van der Waals surface area contributed by atoms with Gasteiger partial charge in [-0.2, -0.15) is 0 Å². The van der Waals surface area contributed by atoms with Crippen LogP contribution in [0.3, 0.4) is 0 Å². The molecule has 1 aromatic heterocycles. The van der Waals surface area contributed by atoms with Gasteiger partial charge in [0.15, 0.2) is 0 Å². The zero-order valence-electron chi connectivity index (χ0n) is 12.1. The molecule has 5 heteroatoms. The molecule has 0 fully saturated rings. The van der Waals surface area contributed by atoms with Gasteiger partial charge in [0.1, 0.15) is 28.6 Å². The van der Waals surface area contributed by atoms with E-state index in [4.69, 9.17) is 10.5 Å². The van der Waals surface area contributed by atoms with Crippen molar-refractivity contribution < 1.29 is 14.6 Å². The van der Waals surface area contributed by atoms with Gasteiger partial charge in [0, 0.05) is 5.56 Å². The van der Waals surface area contributed by atoms with E-state index in [0.717, 1.165) is 5.75 Å². The Labute approximate surface area is 133 Å². The van der Waals surface area contributed by atoms with Gasteiger partial charge in [0.25, 0.3) is 5.91 Å². The van der Waals surface area contributed by atoms with Crippen molar-refractivity contribution in [2.24, 2.45) is 5.73 Å². The first kappa shape index (κ1) is 14.6. The zero-order valence-corrected chi connectivity index (χ0v) is 12.1. The third-order valence-electron chi connectivity index (χ3n) is 3.23. The number of hydrogen-bond acceptors (Lipinski definition) is 4. The van der Waals surface area contributed by atoms with E-state index in [-0.39, 0.29) is 11.4 Å². The Bertz CT molecular complexity index is 831. The Hall–Kier alpha value is -3.34. The van der Waals surface area contributed by atoms with Crippen molar-refractivity contribution in [3.8, 4) is 28.5 Å². The van der Waals surface area contributed by atoms with Gasteiger partial charge in [-0.1, -0.05) is 18.2 Å². The highest BCUT2D eigenvalue weighted by atomic mass is 16.5. The molecule has 1 amide bonds. The molecule has 3 aromatic rings. The number of nitrogens with zero attached hydrogens (tertiary/aromatic N) is 1. The first-order chi connectivity index (χ1) is 11.1. The largest absolute Gasteiger partial charge is 0.506 e. The number of nitrogens with two attached hydrogens (primary N) is 1. The van der Waals surface area contributed by atoms with Gasteiger partial charge in [0.2, 0.25) is 0 Å². The van der Waals surface area contributed by atoms with Crippen LogP contribution in [0.15, 0.2) is 66.7 Å². The standard InChI is InChI=1S/C18H14N2O3/c19-18(22)15-10-11-16(21)17(20-15)12-6-8-14(9-7-12)23-13-4-2-1-3-5-13/h1-11,21H,(H2,19,22). The SMILES string of the molecule is NC(=O)c1ccc(O)c(-c2ccc(Oc3ccccc3)cc2)n1. The predicted octanol–water partition coefficient (Wildman–Crippen LogP) is 3.35. The fraction of sp³-hybridized carbons (Fsp3) is 0. The van der Waals surface area contributed by atoms with Crippen molar-refractivity contribution in [2.45, 2.75) is 0 Å². The van der Waals surface area contributed by atoms with Crippen LogP contribution in [0.4, 0.5) is 0 Å². The summed E-state index contributed by atoms with van der Waals surface area (Å²) in [5, 5.41) is 9.93. The summed E-state index contributed by atoms with van der Waals surface area (Å²) < 4.78 is 5.70. The molecule has 0 spiro atoms. The summed E-state index contributed by atoms with van der Waals surface area (Å²) >= 11 is 0. The van der Waals surface area contributed by atoms with Crippen molar-refractivity contribution in [2.75, 3.05) is 0 Å². The summed E-state index contributed by atoms with van der Waals surface area (Å²) in [7, 11) is 0. The first-order valence-corrected chi connectivity index (χ1v) is 6.96. The molecule has 0 saturated heterocycles. The Morgan fingerprint density at radius 1 is 0.913 bits per heavy atom. The third kappa shape index (κ3) is 3.29. The Balaban J connectivity index is 1.88. The number of para-hydroxylation sites is 1. The van der Waals surface area contributed by atoms with Gasteiger partial charge < -0.3 is 15.6 Å². The van der Waals surface area contributed by atoms with Gasteiger partial charge in [-0.3, -0.25) is 4.79 Å². The molecule has 0 aliphatic rings. The quantitative estimate of drug-likeness (QED) is 0.774. The van der Waals surface area contributed by atoms with Crippen LogP contribution in [-0.2, 0) is 0 Å².